The van der Waals surface area contributed by atoms with Gasteiger partial charge in [-0.3, -0.25) is 4.79 Å². The Balaban J connectivity index is 3.63. The molecule has 0 rings (SSSR count). The van der Waals surface area contributed by atoms with E-state index in [1.165, 1.54) is 180 Å². The molecule has 0 heterocycles. The van der Waals surface area contributed by atoms with Crippen molar-refractivity contribution in [3.63, 3.8) is 0 Å². The molecule has 0 spiro atoms. The Labute approximate surface area is 311 Å². The van der Waals surface area contributed by atoms with Crippen molar-refractivity contribution in [2.45, 2.75) is 269 Å². The molecule has 0 aromatic carbocycles. The molecule has 300 valence electrons. The third-order valence-electron chi connectivity index (χ3n) is 10.8. The lowest BCUT2D eigenvalue weighted by Crippen LogP contribution is -2.53. The molecular weight excluding hydrogens is 622 g/mol. The maximum Gasteiger partial charge on any atom is 0.249 e. The molecule has 0 bridgehead atoms. The number of nitrogens with one attached hydrogen (secondary N) is 1. The van der Waals surface area contributed by atoms with Crippen molar-refractivity contribution in [2.75, 3.05) is 6.61 Å². The first kappa shape index (κ1) is 49.3. The predicted molar refractivity (Wildman–Crippen MR) is 215 cm³/mol. The topological polar surface area (TPSA) is 110 Å². The molecule has 0 aromatic rings. The van der Waals surface area contributed by atoms with E-state index in [-0.39, 0.29) is 0 Å². The van der Waals surface area contributed by atoms with Crippen LogP contribution < -0.4 is 5.32 Å². The highest BCUT2D eigenvalue weighted by Crippen LogP contribution is 2.17. The van der Waals surface area contributed by atoms with E-state index >= 15 is 0 Å². The Morgan fingerprint density at radius 1 is 0.420 bits per heavy atom. The van der Waals surface area contributed by atoms with Crippen LogP contribution in [0.5, 0.6) is 0 Å². The largest absolute Gasteiger partial charge is 0.394 e. The molecule has 1 amide bonds. The highest BCUT2D eigenvalue weighted by molar-refractivity contribution is 5.80. The summed E-state index contributed by atoms with van der Waals surface area (Å²) in [6, 6.07) is -0.978. The van der Waals surface area contributed by atoms with Crippen molar-refractivity contribution in [3.8, 4) is 0 Å². The quantitative estimate of drug-likeness (QED) is 0.0406. The van der Waals surface area contributed by atoms with E-state index < -0.39 is 36.9 Å². The van der Waals surface area contributed by atoms with E-state index in [9.17, 15) is 25.2 Å². The van der Waals surface area contributed by atoms with Gasteiger partial charge in [-0.25, -0.2) is 0 Å². The maximum atomic E-state index is 12.5. The van der Waals surface area contributed by atoms with Gasteiger partial charge in [0.1, 0.15) is 12.2 Å². The molecule has 50 heavy (non-hydrogen) atoms. The Bertz CT molecular complexity index is 677. The summed E-state index contributed by atoms with van der Waals surface area (Å²) < 4.78 is 0. The van der Waals surface area contributed by atoms with Crippen molar-refractivity contribution >= 4 is 5.91 Å². The smallest absolute Gasteiger partial charge is 0.249 e. The SMILES string of the molecule is CCCCCCCCCCCCCCCCCCCCCCCCCC(O)C(O)C(CO)NC(=O)C(O)CCCCCCCCCCCCC. The van der Waals surface area contributed by atoms with Crippen LogP contribution in [0.1, 0.15) is 245 Å². The van der Waals surface area contributed by atoms with E-state index in [1.807, 2.05) is 0 Å². The summed E-state index contributed by atoms with van der Waals surface area (Å²) in [5, 5.41) is 43.6. The highest BCUT2D eigenvalue weighted by atomic mass is 16.3. The maximum absolute atomic E-state index is 12.5. The number of rotatable bonds is 41. The van der Waals surface area contributed by atoms with Gasteiger partial charge in [-0.15, -0.1) is 0 Å². The zero-order chi connectivity index (χ0) is 36.8. The van der Waals surface area contributed by atoms with Gasteiger partial charge in [0.2, 0.25) is 5.91 Å². The average Bonchev–Trinajstić information content (AvgIpc) is 3.12. The molecule has 0 aliphatic rings. The summed E-state index contributed by atoms with van der Waals surface area (Å²) in [5.74, 6) is -0.582. The first-order valence-electron chi connectivity index (χ1n) is 22.4. The zero-order valence-corrected chi connectivity index (χ0v) is 33.7. The molecule has 0 saturated carbocycles. The van der Waals surface area contributed by atoms with Crippen LogP contribution in [-0.4, -0.2) is 57.3 Å². The normalized spacial score (nSPS) is 14.1. The summed E-state index contributed by atoms with van der Waals surface area (Å²) in [4.78, 5) is 12.5. The lowest BCUT2D eigenvalue weighted by Gasteiger charge is -2.27. The molecule has 6 nitrogen and oxygen atoms in total. The lowest BCUT2D eigenvalue weighted by molar-refractivity contribution is -0.132. The molecule has 4 atom stereocenters. The number of amides is 1. The molecule has 0 saturated heterocycles. The van der Waals surface area contributed by atoms with Crippen LogP contribution in [0.3, 0.4) is 0 Å². The summed E-state index contributed by atoms with van der Waals surface area (Å²) >= 11 is 0. The predicted octanol–water partition coefficient (Wildman–Crippen LogP) is 11.6. The monoisotopic (exact) mass is 712 g/mol. The zero-order valence-electron chi connectivity index (χ0n) is 33.7. The molecule has 0 aliphatic carbocycles. The summed E-state index contributed by atoms with van der Waals surface area (Å²) in [5.41, 5.74) is 0. The van der Waals surface area contributed by atoms with Gasteiger partial charge in [-0.1, -0.05) is 232 Å². The van der Waals surface area contributed by atoms with Gasteiger partial charge in [0.05, 0.1) is 18.8 Å². The van der Waals surface area contributed by atoms with Crippen LogP contribution in [0.15, 0.2) is 0 Å². The number of unbranched alkanes of at least 4 members (excludes halogenated alkanes) is 32. The van der Waals surface area contributed by atoms with E-state index in [4.69, 9.17) is 0 Å². The van der Waals surface area contributed by atoms with Crippen molar-refractivity contribution in [1.82, 2.24) is 5.32 Å². The van der Waals surface area contributed by atoms with E-state index in [0.717, 1.165) is 38.5 Å². The molecule has 0 aromatic heterocycles. The number of carbonyl (C=O) groups excluding carboxylic acids is 1. The molecular formula is C44H89NO5. The van der Waals surface area contributed by atoms with Gasteiger partial charge in [0.25, 0.3) is 0 Å². The second-order valence-corrected chi connectivity index (χ2v) is 15.8. The van der Waals surface area contributed by atoms with Crippen LogP contribution in [0, 0.1) is 0 Å². The number of aliphatic hydroxyl groups excluding tert-OH is 4. The third kappa shape index (κ3) is 33.2. The minimum Gasteiger partial charge on any atom is -0.394 e. The van der Waals surface area contributed by atoms with Crippen LogP contribution in [0.25, 0.3) is 0 Å². The second-order valence-electron chi connectivity index (χ2n) is 15.8. The Kier molecular flexibility index (Phi) is 39.0. The lowest BCUT2D eigenvalue weighted by atomic mass is 9.99. The van der Waals surface area contributed by atoms with E-state index in [2.05, 4.69) is 19.2 Å². The van der Waals surface area contributed by atoms with Gasteiger partial charge in [-0.2, -0.15) is 0 Å². The van der Waals surface area contributed by atoms with Gasteiger partial charge in [0, 0.05) is 0 Å². The molecule has 5 N–H and O–H groups in total. The van der Waals surface area contributed by atoms with Crippen LogP contribution in [0.4, 0.5) is 0 Å². The van der Waals surface area contributed by atoms with Gasteiger partial charge >= 0.3 is 0 Å². The number of aliphatic hydroxyl groups is 4. The molecule has 0 fully saturated rings. The van der Waals surface area contributed by atoms with Crippen LogP contribution in [0.2, 0.25) is 0 Å². The highest BCUT2D eigenvalue weighted by Gasteiger charge is 2.28. The van der Waals surface area contributed by atoms with Crippen LogP contribution in [-0.2, 0) is 4.79 Å². The fourth-order valence-corrected chi connectivity index (χ4v) is 7.23. The Hall–Kier alpha value is -0.690. The molecule has 6 heteroatoms. The fraction of sp³-hybridized carbons (Fsp3) is 0.977. The van der Waals surface area contributed by atoms with Crippen LogP contribution >= 0.6 is 0 Å². The number of hydrogen-bond donors (Lipinski definition) is 5. The first-order valence-corrected chi connectivity index (χ1v) is 22.4. The number of hydrogen-bond acceptors (Lipinski definition) is 5. The summed E-state index contributed by atoms with van der Waals surface area (Å²) in [6.45, 7) is 4.05. The molecule has 0 aliphatic heterocycles. The van der Waals surface area contributed by atoms with Crippen molar-refractivity contribution < 1.29 is 25.2 Å². The minimum atomic E-state index is -1.25. The van der Waals surface area contributed by atoms with Gasteiger partial charge in [0.15, 0.2) is 0 Å². The minimum absolute atomic E-state index is 0.374. The van der Waals surface area contributed by atoms with E-state index in [1.54, 1.807) is 0 Å². The third-order valence-corrected chi connectivity index (χ3v) is 10.8. The van der Waals surface area contributed by atoms with Gasteiger partial charge < -0.3 is 25.7 Å². The van der Waals surface area contributed by atoms with E-state index in [0.29, 0.717) is 12.8 Å². The number of carbonyl (C=O) groups is 1. The molecule has 0 radical (unpaired) electrons. The Morgan fingerprint density at radius 3 is 0.960 bits per heavy atom. The summed E-state index contributed by atoms with van der Waals surface area (Å²) in [7, 11) is 0. The van der Waals surface area contributed by atoms with Crippen molar-refractivity contribution in [1.29, 1.82) is 0 Å². The van der Waals surface area contributed by atoms with Crippen molar-refractivity contribution in [3.05, 3.63) is 0 Å². The first-order chi connectivity index (χ1) is 24.5. The fourth-order valence-electron chi connectivity index (χ4n) is 7.23. The average molecular weight is 712 g/mol. The van der Waals surface area contributed by atoms with Gasteiger partial charge in [-0.05, 0) is 12.8 Å². The standard InChI is InChI=1S/C44H89NO5/c1-3-5-7-9-11-13-15-16-17-18-19-20-21-22-23-24-25-26-28-29-31-33-35-37-41(47)43(49)40(39-46)45-44(50)42(48)38-36-34-32-30-27-14-12-10-8-6-4-2/h40-43,46-49H,3-39H2,1-2H3,(H,45,50). The second kappa shape index (κ2) is 39.5. The molecule has 4 unspecified atom stereocenters. The summed E-state index contributed by atoms with van der Waals surface area (Å²) in [6.07, 6.45) is 41.4. The van der Waals surface area contributed by atoms with Crippen molar-refractivity contribution in [2.24, 2.45) is 0 Å². The Morgan fingerprint density at radius 2 is 0.680 bits per heavy atom.